The summed E-state index contributed by atoms with van der Waals surface area (Å²) in [5.74, 6) is 0.929. The molecule has 1 aromatic carbocycles. The largest absolute Gasteiger partial charge is 0.369 e. The molecule has 0 amide bonds. The van der Waals surface area contributed by atoms with E-state index in [2.05, 4.69) is 40.9 Å². The van der Waals surface area contributed by atoms with Crippen LogP contribution in [-0.2, 0) is 0 Å². The van der Waals surface area contributed by atoms with Crippen molar-refractivity contribution in [3.05, 3.63) is 34.0 Å². The third-order valence-corrected chi connectivity index (χ3v) is 5.88. The predicted octanol–water partition coefficient (Wildman–Crippen LogP) is 3.55. The monoisotopic (exact) mass is 354 g/mol. The van der Waals surface area contributed by atoms with Crippen LogP contribution in [0, 0.1) is 6.92 Å². The molecule has 3 aromatic rings. The van der Waals surface area contributed by atoms with Gasteiger partial charge >= 0.3 is 0 Å². The fraction of sp³-hybridized carbons (Fsp3) is 0.368. The Bertz CT molecular complexity index is 934. The fourth-order valence-corrected chi connectivity index (χ4v) is 4.10. The van der Waals surface area contributed by atoms with Gasteiger partial charge in [0.25, 0.3) is 0 Å². The number of hydrogen-bond donors (Lipinski definition) is 1. The first-order valence-electron chi connectivity index (χ1n) is 8.55. The summed E-state index contributed by atoms with van der Waals surface area (Å²) in [5, 5.41) is 1.99. The van der Waals surface area contributed by atoms with Crippen molar-refractivity contribution >= 4 is 33.8 Å². The van der Waals surface area contributed by atoms with Gasteiger partial charge < -0.3 is 14.8 Å². The molecule has 0 bridgehead atoms. The van der Waals surface area contributed by atoms with E-state index in [0.29, 0.717) is 0 Å². The van der Waals surface area contributed by atoms with Crippen LogP contribution in [0.5, 0.6) is 0 Å². The van der Waals surface area contributed by atoms with Gasteiger partial charge in [-0.2, -0.15) is 0 Å². The number of nitrogens with one attached hydrogen (secondary N) is 1. The Labute approximate surface area is 151 Å². The molecule has 1 fully saturated rings. The molecule has 0 unspecified atom stereocenters. The molecule has 2 aromatic heterocycles. The maximum absolute atomic E-state index is 11.5. The summed E-state index contributed by atoms with van der Waals surface area (Å²) in [4.78, 5) is 25.3. The number of likely N-dealkylation sites (N-methyl/N-ethyl adjacent to an activating group) is 1. The van der Waals surface area contributed by atoms with Crippen LogP contribution in [0.15, 0.2) is 23.6 Å². The van der Waals surface area contributed by atoms with E-state index in [1.807, 2.05) is 11.4 Å². The molecule has 1 aliphatic heterocycles. The molecule has 5 nitrogen and oxygen atoms in total. The fourth-order valence-electron chi connectivity index (χ4n) is 3.30. The van der Waals surface area contributed by atoms with Crippen LogP contribution in [0.3, 0.4) is 0 Å². The van der Waals surface area contributed by atoms with Gasteiger partial charge in [-0.05, 0) is 44.7 Å². The molecule has 1 saturated heterocycles. The Morgan fingerprint density at radius 3 is 2.64 bits per heavy atom. The SMILES string of the molecule is CC(=O)c1cc(-c2nc3c(C)cc(N4CCN(C)CC4)cc3[nH]2)cs1. The van der Waals surface area contributed by atoms with Crippen LogP contribution in [0.4, 0.5) is 5.69 Å². The van der Waals surface area contributed by atoms with E-state index in [0.717, 1.165) is 53.5 Å². The highest BCUT2D eigenvalue weighted by molar-refractivity contribution is 7.12. The molecule has 0 radical (unpaired) electrons. The summed E-state index contributed by atoms with van der Waals surface area (Å²) < 4.78 is 0. The number of carbonyl (C=O) groups is 1. The summed E-state index contributed by atoms with van der Waals surface area (Å²) in [6.45, 7) is 7.99. The Kier molecular flexibility index (Phi) is 4.09. The van der Waals surface area contributed by atoms with E-state index >= 15 is 0 Å². The number of nitrogens with zero attached hydrogens (tertiary/aromatic N) is 3. The quantitative estimate of drug-likeness (QED) is 0.731. The number of hydrogen-bond acceptors (Lipinski definition) is 5. The molecule has 4 rings (SSSR count). The number of rotatable bonds is 3. The minimum Gasteiger partial charge on any atom is -0.369 e. The number of Topliss-reactive ketones (excluding diaryl/α,β-unsaturated/α-hetero) is 1. The molecule has 3 heterocycles. The number of ketones is 1. The van der Waals surface area contributed by atoms with E-state index in [-0.39, 0.29) is 5.78 Å². The lowest BCUT2D eigenvalue weighted by atomic mass is 10.1. The Morgan fingerprint density at radius 2 is 1.96 bits per heavy atom. The number of fused-ring (bicyclic) bond motifs is 1. The average Bonchev–Trinajstić information content (AvgIpc) is 3.22. The van der Waals surface area contributed by atoms with Gasteiger partial charge in [-0.1, -0.05) is 0 Å². The molecule has 130 valence electrons. The highest BCUT2D eigenvalue weighted by atomic mass is 32.1. The minimum atomic E-state index is 0.0981. The summed E-state index contributed by atoms with van der Waals surface area (Å²) in [7, 11) is 2.17. The van der Waals surface area contributed by atoms with E-state index in [1.54, 1.807) is 6.92 Å². The predicted molar refractivity (Wildman–Crippen MR) is 104 cm³/mol. The van der Waals surface area contributed by atoms with Crippen molar-refractivity contribution in [2.45, 2.75) is 13.8 Å². The maximum Gasteiger partial charge on any atom is 0.169 e. The topological polar surface area (TPSA) is 52.2 Å². The van der Waals surface area contributed by atoms with Crippen LogP contribution in [-0.4, -0.2) is 53.9 Å². The van der Waals surface area contributed by atoms with Gasteiger partial charge in [0.2, 0.25) is 0 Å². The van der Waals surface area contributed by atoms with E-state index in [9.17, 15) is 4.79 Å². The lowest BCUT2D eigenvalue weighted by molar-refractivity contribution is 0.102. The van der Waals surface area contributed by atoms with Gasteiger partial charge in [0.15, 0.2) is 5.78 Å². The number of aromatic nitrogens is 2. The number of aryl methyl sites for hydroxylation is 1. The molecule has 1 aliphatic rings. The zero-order chi connectivity index (χ0) is 17.6. The van der Waals surface area contributed by atoms with Crippen molar-refractivity contribution in [3.63, 3.8) is 0 Å². The molecule has 0 saturated carbocycles. The third-order valence-electron chi connectivity index (χ3n) is 4.85. The standard InChI is InChI=1S/C19H22N4OS/c1-12-8-15(23-6-4-22(3)5-7-23)10-16-18(12)21-19(20-16)14-9-17(13(2)24)25-11-14/h8-11H,4-7H2,1-3H3,(H,20,21). The Balaban J connectivity index is 1.70. The lowest BCUT2D eigenvalue weighted by Crippen LogP contribution is -2.44. The summed E-state index contributed by atoms with van der Waals surface area (Å²) in [6, 6.07) is 6.34. The van der Waals surface area contributed by atoms with E-state index in [4.69, 9.17) is 4.98 Å². The van der Waals surface area contributed by atoms with Crippen molar-refractivity contribution < 1.29 is 4.79 Å². The van der Waals surface area contributed by atoms with Gasteiger partial charge in [0.05, 0.1) is 15.9 Å². The number of aromatic amines is 1. The highest BCUT2D eigenvalue weighted by Crippen LogP contribution is 2.30. The van der Waals surface area contributed by atoms with Gasteiger partial charge in [0, 0.05) is 42.8 Å². The van der Waals surface area contributed by atoms with Crippen LogP contribution >= 0.6 is 11.3 Å². The first-order chi connectivity index (χ1) is 12.0. The molecule has 1 N–H and O–H groups in total. The van der Waals surface area contributed by atoms with Crippen molar-refractivity contribution in [2.75, 3.05) is 38.1 Å². The highest BCUT2D eigenvalue weighted by Gasteiger charge is 2.17. The second kappa shape index (κ2) is 6.28. The van der Waals surface area contributed by atoms with Crippen molar-refractivity contribution in [2.24, 2.45) is 0 Å². The second-order valence-electron chi connectivity index (χ2n) is 6.79. The smallest absolute Gasteiger partial charge is 0.169 e. The average molecular weight is 354 g/mol. The zero-order valence-corrected chi connectivity index (χ0v) is 15.6. The van der Waals surface area contributed by atoms with Crippen LogP contribution in [0.2, 0.25) is 0 Å². The first kappa shape index (κ1) is 16.3. The van der Waals surface area contributed by atoms with Crippen molar-refractivity contribution in [3.8, 4) is 11.4 Å². The number of benzene rings is 1. The van der Waals surface area contributed by atoms with Gasteiger partial charge in [-0.25, -0.2) is 4.98 Å². The summed E-state index contributed by atoms with van der Waals surface area (Å²) in [5.41, 5.74) is 5.47. The third kappa shape index (κ3) is 3.07. The summed E-state index contributed by atoms with van der Waals surface area (Å²) >= 11 is 1.47. The van der Waals surface area contributed by atoms with Crippen molar-refractivity contribution in [1.82, 2.24) is 14.9 Å². The molecule has 0 atom stereocenters. The van der Waals surface area contributed by atoms with Gasteiger partial charge in [-0.3, -0.25) is 4.79 Å². The van der Waals surface area contributed by atoms with E-state index < -0.39 is 0 Å². The lowest BCUT2D eigenvalue weighted by Gasteiger charge is -2.34. The van der Waals surface area contributed by atoms with Crippen molar-refractivity contribution in [1.29, 1.82) is 0 Å². The zero-order valence-electron chi connectivity index (χ0n) is 14.8. The van der Waals surface area contributed by atoms with Gasteiger partial charge in [0.1, 0.15) is 5.82 Å². The molecule has 25 heavy (non-hydrogen) atoms. The minimum absolute atomic E-state index is 0.0981. The second-order valence-corrected chi connectivity index (χ2v) is 7.70. The molecular weight excluding hydrogens is 332 g/mol. The molecule has 6 heteroatoms. The normalized spacial score (nSPS) is 15.9. The number of imidazole rings is 1. The number of piperazine rings is 1. The molecule has 0 aliphatic carbocycles. The number of thiophene rings is 1. The number of carbonyl (C=O) groups excluding carboxylic acids is 1. The van der Waals surface area contributed by atoms with Crippen LogP contribution < -0.4 is 4.90 Å². The molecular formula is C19H22N4OS. The maximum atomic E-state index is 11.5. The molecule has 0 spiro atoms. The first-order valence-corrected chi connectivity index (χ1v) is 9.43. The Hall–Kier alpha value is -2.18. The van der Waals surface area contributed by atoms with E-state index in [1.165, 1.54) is 22.6 Å². The van der Waals surface area contributed by atoms with Crippen LogP contribution in [0.25, 0.3) is 22.4 Å². The van der Waals surface area contributed by atoms with Gasteiger partial charge in [-0.15, -0.1) is 11.3 Å². The van der Waals surface area contributed by atoms with Crippen LogP contribution in [0.1, 0.15) is 22.2 Å². The number of anilines is 1. The Morgan fingerprint density at radius 1 is 1.20 bits per heavy atom. The number of H-pyrrole nitrogens is 1. The summed E-state index contributed by atoms with van der Waals surface area (Å²) in [6.07, 6.45) is 0.